The Morgan fingerprint density at radius 2 is 2.19 bits per heavy atom. The van der Waals surface area contributed by atoms with Gasteiger partial charge < -0.3 is 10.3 Å². The summed E-state index contributed by atoms with van der Waals surface area (Å²) in [5.41, 5.74) is 3.04. The van der Waals surface area contributed by atoms with Crippen molar-refractivity contribution in [3.63, 3.8) is 0 Å². The zero-order chi connectivity index (χ0) is 14.7. The minimum atomic E-state index is 0.0122. The molecule has 4 nitrogen and oxygen atoms in total. The van der Waals surface area contributed by atoms with Gasteiger partial charge in [0.15, 0.2) is 0 Å². The van der Waals surface area contributed by atoms with Crippen molar-refractivity contribution in [2.75, 3.05) is 31.1 Å². The van der Waals surface area contributed by atoms with Crippen molar-refractivity contribution >= 4 is 28.6 Å². The van der Waals surface area contributed by atoms with E-state index in [-0.39, 0.29) is 5.91 Å². The van der Waals surface area contributed by atoms with Crippen LogP contribution in [0.5, 0.6) is 0 Å². The maximum absolute atomic E-state index is 12.3. The number of aromatic amines is 1. The lowest BCUT2D eigenvalue weighted by Crippen LogP contribution is -2.32. The number of thioether (sulfide) groups is 1. The van der Waals surface area contributed by atoms with Gasteiger partial charge in [0.05, 0.1) is 0 Å². The monoisotopic (exact) mass is 303 g/mol. The highest BCUT2D eigenvalue weighted by atomic mass is 32.2. The number of amides is 1. The van der Waals surface area contributed by atoms with E-state index in [1.165, 1.54) is 17.1 Å². The average molecular weight is 303 g/mol. The molecular weight excluding hydrogens is 282 g/mol. The Labute approximate surface area is 129 Å². The molecule has 112 valence electrons. The van der Waals surface area contributed by atoms with Crippen LogP contribution in [0.2, 0.25) is 0 Å². The van der Waals surface area contributed by atoms with Crippen LogP contribution in [-0.2, 0) is 6.54 Å². The lowest BCUT2D eigenvalue weighted by molar-refractivity contribution is 0.0957. The van der Waals surface area contributed by atoms with Gasteiger partial charge in [-0.2, -0.15) is 11.8 Å². The van der Waals surface area contributed by atoms with Gasteiger partial charge in [0.1, 0.15) is 0 Å². The van der Waals surface area contributed by atoms with Crippen LogP contribution in [0.1, 0.15) is 22.8 Å². The van der Waals surface area contributed by atoms with E-state index in [9.17, 15) is 4.79 Å². The molecule has 1 amide bonds. The largest absolute Gasteiger partial charge is 0.361 e. The molecule has 0 aliphatic carbocycles. The summed E-state index contributed by atoms with van der Waals surface area (Å²) in [6.45, 7) is 5.76. The van der Waals surface area contributed by atoms with Crippen LogP contribution < -0.4 is 5.32 Å². The number of aromatic nitrogens is 1. The number of hydrogen-bond acceptors (Lipinski definition) is 3. The maximum Gasteiger partial charge on any atom is 0.251 e. The summed E-state index contributed by atoms with van der Waals surface area (Å²) in [6, 6.07) is 5.88. The molecule has 0 spiro atoms. The lowest BCUT2D eigenvalue weighted by atomic mass is 10.1. The zero-order valence-corrected chi connectivity index (χ0v) is 13.1. The molecule has 21 heavy (non-hydrogen) atoms. The molecule has 3 rings (SSSR count). The Morgan fingerprint density at radius 1 is 1.38 bits per heavy atom. The van der Waals surface area contributed by atoms with Crippen LogP contribution in [0.25, 0.3) is 10.9 Å². The van der Waals surface area contributed by atoms with E-state index in [4.69, 9.17) is 0 Å². The first-order valence-corrected chi connectivity index (χ1v) is 8.62. The second-order valence-corrected chi connectivity index (χ2v) is 6.51. The fourth-order valence-electron chi connectivity index (χ4n) is 2.83. The zero-order valence-electron chi connectivity index (χ0n) is 12.3. The van der Waals surface area contributed by atoms with Crippen LogP contribution in [0.3, 0.4) is 0 Å². The van der Waals surface area contributed by atoms with Crippen molar-refractivity contribution in [2.45, 2.75) is 13.5 Å². The number of nitrogens with one attached hydrogen (secondary N) is 2. The summed E-state index contributed by atoms with van der Waals surface area (Å²) in [5, 5.41) is 3.98. The van der Waals surface area contributed by atoms with Gasteiger partial charge in [-0.25, -0.2) is 0 Å². The topological polar surface area (TPSA) is 48.1 Å². The predicted molar refractivity (Wildman–Crippen MR) is 88.9 cm³/mol. The van der Waals surface area contributed by atoms with Gasteiger partial charge >= 0.3 is 0 Å². The third-order valence-corrected chi connectivity index (χ3v) is 4.81. The fraction of sp³-hybridized carbons (Fsp3) is 0.438. The van der Waals surface area contributed by atoms with Gasteiger partial charge in [-0.3, -0.25) is 9.69 Å². The molecule has 1 saturated heterocycles. The van der Waals surface area contributed by atoms with E-state index in [1.807, 2.05) is 36.9 Å². The second-order valence-electron chi connectivity index (χ2n) is 5.29. The minimum absolute atomic E-state index is 0.0122. The Balaban J connectivity index is 1.93. The molecule has 0 saturated carbocycles. The second kappa shape index (κ2) is 6.54. The molecule has 1 aliphatic rings. The van der Waals surface area contributed by atoms with E-state index in [2.05, 4.69) is 21.4 Å². The fourth-order valence-corrected chi connectivity index (χ4v) is 3.80. The minimum Gasteiger partial charge on any atom is -0.361 e. The molecule has 0 bridgehead atoms. The summed E-state index contributed by atoms with van der Waals surface area (Å²) < 4.78 is 0. The summed E-state index contributed by atoms with van der Waals surface area (Å²) in [4.78, 5) is 18.0. The van der Waals surface area contributed by atoms with Crippen molar-refractivity contribution in [3.8, 4) is 0 Å². The number of benzene rings is 1. The standard InChI is InChI=1S/C16H21N3OS/c1-2-17-16(20)13-4-3-5-14-15(13)12(10-18-14)11-19-6-8-21-9-7-19/h3-5,10,18H,2,6-9,11H2,1H3,(H,17,20). The van der Waals surface area contributed by atoms with Crippen LogP contribution in [0, 0.1) is 0 Å². The quantitative estimate of drug-likeness (QED) is 0.912. The van der Waals surface area contributed by atoms with Crippen molar-refractivity contribution in [1.82, 2.24) is 15.2 Å². The molecule has 0 unspecified atom stereocenters. The van der Waals surface area contributed by atoms with Gasteiger partial charge in [0.2, 0.25) is 0 Å². The highest BCUT2D eigenvalue weighted by Gasteiger charge is 2.17. The Kier molecular flexibility index (Phi) is 4.51. The molecule has 1 aliphatic heterocycles. The summed E-state index contributed by atoms with van der Waals surface area (Å²) >= 11 is 2.02. The van der Waals surface area contributed by atoms with Crippen LogP contribution in [-0.4, -0.2) is 46.9 Å². The Hall–Kier alpha value is -1.46. The van der Waals surface area contributed by atoms with Crippen LogP contribution in [0.15, 0.2) is 24.4 Å². The van der Waals surface area contributed by atoms with Crippen molar-refractivity contribution in [2.24, 2.45) is 0 Å². The van der Waals surface area contributed by atoms with Crippen LogP contribution >= 0.6 is 11.8 Å². The third-order valence-electron chi connectivity index (χ3n) is 3.87. The lowest BCUT2D eigenvalue weighted by Gasteiger charge is -2.26. The van der Waals surface area contributed by atoms with Crippen molar-refractivity contribution < 1.29 is 4.79 Å². The summed E-state index contributed by atoms with van der Waals surface area (Å²) in [6.07, 6.45) is 2.05. The molecule has 0 radical (unpaired) electrons. The summed E-state index contributed by atoms with van der Waals surface area (Å²) in [5.74, 6) is 2.41. The normalized spacial score (nSPS) is 16.2. The van der Waals surface area contributed by atoms with Gasteiger partial charge in [0.25, 0.3) is 5.91 Å². The molecule has 2 aromatic rings. The molecule has 1 fully saturated rings. The number of carbonyl (C=O) groups excluding carboxylic acids is 1. The molecule has 2 N–H and O–H groups in total. The molecule has 1 aromatic carbocycles. The SMILES string of the molecule is CCNC(=O)c1cccc2[nH]cc(CN3CCSCC3)c12. The molecule has 1 aromatic heterocycles. The van der Waals surface area contributed by atoms with Crippen LogP contribution in [0.4, 0.5) is 0 Å². The molecular formula is C16H21N3OS. The smallest absolute Gasteiger partial charge is 0.251 e. The first kappa shape index (κ1) is 14.5. The van der Waals surface area contributed by atoms with E-state index >= 15 is 0 Å². The predicted octanol–water partition coefficient (Wildman–Crippen LogP) is 2.47. The highest BCUT2D eigenvalue weighted by Crippen LogP contribution is 2.25. The first-order valence-electron chi connectivity index (χ1n) is 7.47. The van der Waals surface area contributed by atoms with Gasteiger partial charge in [0, 0.05) is 60.3 Å². The number of fused-ring (bicyclic) bond motifs is 1. The first-order chi connectivity index (χ1) is 10.3. The van der Waals surface area contributed by atoms with E-state index < -0.39 is 0 Å². The van der Waals surface area contributed by atoms with Crippen molar-refractivity contribution in [3.05, 3.63) is 35.5 Å². The third kappa shape index (κ3) is 3.09. The number of nitrogens with zero attached hydrogens (tertiary/aromatic N) is 1. The number of rotatable bonds is 4. The number of H-pyrrole nitrogens is 1. The Morgan fingerprint density at radius 3 is 2.95 bits per heavy atom. The highest BCUT2D eigenvalue weighted by molar-refractivity contribution is 7.99. The van der Waals surface area contributed by atoms with E-state index in [0.29, 0.717) is 6.54 Å². The van der Waals surface area contributed by atoms with E-state index in [1.54, 1.807) is 0 Å². The van der Waals surface area contributed by atoms with E-state index in [0.717, 1.165) is 36.1 Å². The number of carbonyl (C=O) groups is 1. The van der Waals surface area contributed by atoms with Gasteiger partial charge in [-0.15, -0.1) is 0 Å². The average Bonchev–Trinajstić information content (AvgIpc) is 2.92. The molecule has 2 heterocycles. The maximum atomic E-state index is 12.3. The summed E-state index contributed by atoms with van der Waals surface area (Å²) in [7, 11) is 0. The molecule has 5 heteroatoms. The van der Waals surface area contributed by atoms with Crippen molar-refractivity contribution in [1.29, 1.82) is 0 Å². The number of hydrogen-bond donors (Lipinski definition) is 2. The van der Waals surface area contributed by atoms with Gasteiger partial charge in [-0.1, -0.05) is 6.07 Å². The van der Waals surface area contributed by atoms with Gasteiger partial charge in [-0.05, 0) is 24.6 Å². The molecule has 0 atom stereocenters. The Bertz CT molecular complexity index is 631.